The van der Waals surface area contributed by atoms with E-state index in [2.05, 4.69) is 25.3 Å². The van der Waals surface area contributed by atoms with E-state index in [1.165, 1.54) is 0 Å². The first-order chi connectivity index (χ1) is 12.6. The van der Waals surface area contributed by atoms with Crippen LogP contribution >= 0.6 is 0 Å². The summed E-state index contributed by atoms with van der Waals surface area (Å²) in [5, 5.41) is 10.5. The highest BCUT2D eigenvalue weighted by atomic mass is 16.5. The number of aromatic amines is 1. The zero-order chi connectivity index (χ0) is 18.1. The average Bonchev–Trinajstić information content (AvgIpc) is 3.38. The highest BCUT2D eigenvalue weighted by molar-refractivity contribution is 5.92. The third kappa shape index (κ3) is 3.10. The zero-order valence-corrected chi connectivity index (χ0v) is 14.8. The number of aryl methyl sites for hydroxylation is 2. The Bertz CT molecular complexity index is 881. The molecule has 1 amide bonds. The van der Waals surface area contributed by atoms with Crippen LogP contribution in [0.3, 0.4) is 0 Å². The second-order valence-corrected chi connectivity index (χ2v) is 6.67. The molecule has 4 heterocycles. The number of likely N-dealkylation sites (tertiary alicyclic amines) is 1. The van der Waals surface area contributed by atoms with Gasteiger partial charge in [0.25, 0.3) is 5.91 Å². The molecule has 1 atom stereocenters. The van der Waals surface area contributed by atoms with Gasteiger partial charge in [0.1, 0.15) is 11.5 Å². The lowest BCUT2D eigenvalue weighted by molar-refractivity contribution is 0.0781. The van der Waals surface area contributed by atoms with Crippen LogP contribution in [-0.2, 0) is 6.42 Å². The number of carbonyl (C=O) groups is 1. The van der Waals surface area contributed by atoms with Gasteiger partial charge in [-0.3, -0.25) is 19.9 Å². The van der Waals surface area contributed by atoms with Crippen molar-refractivity contribution in [3.63, 3.8) is 0 Å². The molecule has 0 spiro atoms. The van der Waals surface area contributed by atoms with Crippen molar-refractivity contribution in [2.24, 2.45) is 5.92 Å². The second kappa shape index (κ2) is 6.70. The Morgan fingerprint density at radius 3 is 2.88 bits per heavy atom. The first kappa shape index (κ1) is 16.4. The maximum Gasteiger partial charge on any atom is 0.271 e. The maximum absolute atomic E-state index is 12.4. The van der Waals surface area contributed by atoms with E-state index in [0.717, 1.165) is 54.3 Å². The van der Waals surface area contributed by atoms with Gasteiger partial charge in [-0.2, -0.15) is 5.10 Å². The third-order valence-electron chi connectivity index (χ3n) is 4.80. The van der Waals surface area contributed by atoms with Crippen molar-refractivity contribution in [3.05, 3.63) is 47.5 Å². The van der Waals surface area contributed by atoms with Crippen LogP contribution in [0, 0.1) is 19.8 Å². The molecule has 0 radical (unpaired) electrons. The standard InChI is InChI=1S/C18H20N6O2/c1-11-17(12(2)26-23-11)16-9-19-14(8-20-16)7-13-4-6-24(10-13)18(25)15-3-5-21-22-15/h3,5,8-9,13H,4,6-7,10H2,1-2H3,(H,21,22)/t13-/m1/s1. The number of nitrogens with one attached hydrogen (secondary N) is 1. The molecule has 3 aromatic rings. The topological polar surface area (TPSA) is 101 Å². The summed E-state index contributed by atoms with van der Waals surface area (Å²) >= 11 is 0. The van der Waals surface area contributed by atoms with Gasteiger partial charge in [0.15, 0.2) is 0 Å². The molecule has 1 N–H and O–H groups in total. The normalized spacial score (nSPS) is 17.0. The fraction of sp³-hybridized carbons (Fsp3) is 0.389. The van der Waals surface area contributed by atoms with Gasteiger partial charge in [-0.25, -0.2) is 0 Å². The Kier molecular flexibility index (Phi) is 4.24. The maximum atomic E-state index is 12.4. The number of H-pyrrole nitrogens is 1. The molecular formula is C18H20N6O2. The first-order valence-corrected chi connectivity index (χ1v) is 8.64. The van der Waals surface area contributed by atoms with Crippen molar-refractivity contribution in [2.45, 2.75) is 26.7 Å². The summed E-state index contributed by atoms with van der Waals surface area (Å²) in [7, 11) is 0. The van der Waals surface area contributed by atoms with Crippen LogP contribution in [0.5, 0.6) is 0 Å². The van der Waals surface area contributed by atoms with E-state index < -0.39 is 0 Å². The van der Waals surface area contributed by atoms with Crippen molar-refractivity contribution in [3.8, 4) is 11.3 Å². The highest BCUT2D eigenvalue weighted by Crippen LogP contribution is 2.25. The van der Waals surface area contributed by atoms with Gasteiger partial charge in [0, 0.05) is 25.5 Å². The van der Waals surface area contributed by atoms with Crippen LogP contribution < -0.4 is 0 Å². The van der Waals surface area contributed by atoms with Crippen LogP contribution in [0.15, 0.2) is 29.2 Å². The zero-order valence-electron chi connectivity index (χ0n) is 14.8. The van der Waals surface area contributed by atoms with Crippen molar-refractivity contribution in [1.29, 1.82) is 0 Å². The molecule has 8 heteroatoms. The number of rotatable bonds is 4. The van der Waals surface area contributed by atoms with E-state index >= 15 is 0 Å². The molecule has 0 aliphatic carbocycles. The molecule has 0 aromatic carbocycles. The summed E-state index contributed by atoms with van der Waals surface area (Å²) in [5.74, 6) is 1.14. The predicted octanol–water partition coefficient (Wildman–Crippen LogP) is 2.18. The minimum atomic E-state index is 0.00448. The van der Waals surface area contributed by atoms with Crippen molar-refractivity contribution >= 4 is 5.91 Å². The molecule has 1 aliphatic heterocycles. The first-order valence-electron chi connectivity index (χ1n) is 8.64. The summed E-state index contributed by atoms with van der Waals surface area (Å²) < 4.78 is 5.19. The summed E-state index contributed by atoms with van der Waals surface area (Å²) in [6, 6.07) is 1.70. The van der Waals surface area contributed by atoms with Crippen LogP contribution in [0.4, 0.5) is 0 Å². The third-order valence-corrected chi connectivity index (χ3v) is 4.80. The van der Waals surface area contributed by atoms with Crippen LogP contribution in [-0.4, -0.2) is 49.2 Å². The van der Waals surface area contributed by atoms with Crippen molar-refractivity contribution in [2.75, 3.05) is 13.1 Å². The predicted molar refractivity (Wildman–Crippen MR) is 93.3 cm³/mol. The second-order valence-electron chi connectivity index (χ2n) is 6.67. The van der Waals surface area contributed by atoms with Gasteiger partial charge in [-0.1, -0.05) is 5.16 Å². The summed E-state index contributed by atoms with van der Waals surface area (Å²) in [6.07, 6.45) is 6.94. The Balaban J connectivity index is 1.40. The molecule has 1 aliphatic rings. The summed E-state index contributed by atoms with van der Waals surface area (Å²) in [6.45, 7) is 5.25. The molecule has 1 saturated heterocycles. The van der Waals surface area contributed by atoms with Gasteiger partial charge < -0.3 is 9.42 Å². The minimum absolute atomic E-state index is 0.00448. The lowest BCUT2D eigenvalue weighted by Crippen LogP contribution is -2.29. The SMILES string of the molecule is Cc1noc(C)c1-c1cnc(C[C@H]2CCN(C(=O)c3ccn[nH]3)C2)cn1. The van der Waals surface area contributed by atoms with Crippen LogP contribution in [0.25, 0.3) is 11.3 Å². The summed E-state index contributed by atoms with van der Waals surface area (Å²) in [4.78, 5) is 23.3. The minimum Gasteiger partial charge on any atom is -0.361 e. The van der Waals surface area contributed by atoms with Gasteiger partial charge in [0.05, 0.1) is 28.8 Å². The molecule has 0 saturated carbocycles. The molecule has 8 nitrogen and oxygen atoms in total. The quantitative estimate of drug-likeness (QED) is 0.772. The monoisotopic (exact) mass is 352 g/mol. The fourth-order valence-electron chi connectivity index (χ4n) is 3.46. The Morgan fingerprint density at radius 1 is 1.35 bits per heavy atom. The van der Waals surface area contributed by atoms with Crippen molar-refractivity contribution in [1.82, 2.24) is 30.2 Å². The molecule has 4 rings (SSSR count). The molecule has 26 heavy (non-hydrogen) atoms. The molecule has 3 aromatic heterocycles. The van der Waals surface area contributed by atoms with Gasteiger partial charge in [-0.05, 0) is 38.7 Å². The molecule has 1 fully saturated rings. The number of amides is 1. The number of hydrogen-bond donors (Lipinski definition) is 1. The van der Waals surface area contributed by atoms with Crippen LogP contribution in [0.1, 0.15) is 34.1 Å². The van der Waals surface area contributed by atoms with Gasteiger partial charge in [-0.15, -0.1) is 0 Å². The average molecular weight is 352 g/mol. The van der Waals surface area contributed by atoms with E-state index in [1.54, 1.807) is 24.7 Å². The largest absolute Gasteiger partial charge is 0.361 e. The van der Waals surface area contributed by atoms with Crippen molar-refractivity contribution < 1.29 is 9.32 Å². The number of hydrogen-bond acceptors (Lipinski definition) is 6. The van der Waals surface area contributed by atoms with E-state index in [4.69, 9.17) is 4.52 Å². The van der Waals surface area contributed by atoms with Gasteiger partial charge >= 0.3 is 0 Å². The smallest absolute Gasteiger partial charge is 0.271 e. The number of aromatic nitrogens is 5. The van der Waals surface area contributed by atoms with Gasteiger partial charge in [0.2, 0.25) is 0 Å². The molecule has 0 unspecified atom stereocenters. The van der Waals surface area contributed by atoms with E-state index in [1.807, 2.05) is 18.7 Å². The lowest BCUT2D eigenvalue weighted by Gasteiger charge is -2.15. The Morgan fingerprint density at radius 2 is 2.23 bits per heavy atom. The highest BCUT2D eigenvalue weighted by Gasteiger charge is 2.28. The molecule has 134 valence electrons. The summed E-state index contributed by atoms with van der Waals surface area (Å²) in [5.41, 5.74) is 3.96. The van der Waals surface area contributed by atoms with Crippen LogP contribution in [0.2, 0.25) is 0 Å². The van der Waals surface area contributed by atoms with E-state index in [-0.39, 0.29) is 5.91 Å². The Hall–Kier alpha value is -3.03. The van der Waals surface area contributed by atoms with E-state index in [0.29, 0.717) is 11.6 Å². The lowest BCUT2D eigenvalue weighted by atomic mass is 10.0. The number of carbonyl (C=O) groups excluding carboxylic acids is 1. The molecule has 0 bridgehead atoms. The fourth-order valence-corrected chi connectivity index (χ4v) is 3.46. The number of nitrogens with zero attached hydrogens (tertiary/aromatic N) is 5. The van der Waals surface area contributed by atoms with E-state index in [9.17, 15) is 4.79 Å². The Labute approximate surface area is 150 Å². The molecular weight excluding hydrogens is 332 g/mol.